The normalized spacial score (nSPS) is 11.5. The minimum atomic E-state index is -4.72. The first-order valence-electron chi connectivity index (χ1n) is 2.95. The van der Waals surface area contributed by atoms with Gasteiger partial charge in [-0.25, -0.2) is 4.98 Å². The fourth-order valence-corrected chi connectivity index (χ4v) is 1.15. The second-order valence-corrected chi connectivity index (χ2v) is 3.45. The highest BCUT2D eigenvalue weighted by molar-refractivity contribution is 14.1. The maximum atomic E-state index is 11.8. The van der Waals surface area contributed by atoms with Gasteiger partial charge in [0.25, 0.3) is 0 Å². The van der Waals surface area contributed by atoms with Gasteiger partial charge in [0.1, 0.15) is 3.70 Å². The molecule has 7 heteroatoms. The van der Waals surface area contributed by atoms with Gasteiger partial charge in [-0.1, -0.05) is 11.6 Å². The molecule has 0 radical (unpaired) electrons. The van der Waals surface area contributed by atoms with Gasteiger partial charge < -0.3 is 4.74 Å². The summed E-state index contributed by atoms with van der Waals surface area (Å²) in [7, 11) is 0. The Morgan fingerprint density at radius 3 is 2.62 bits per heavy atom. The van der Waals surface area contributed by atoms with Crippen LogP contribution in [0.3, 0.4) is 0 Å². The van der Waals surface area contributed by atoms with Gasteiger partial charge in [-0.3, -0.25) is 0 Å². The lowest BCUT2D eigenvalue weighted by Gasteiger charge is -2.09. The lowest BCUT2D eigenvalue weighted by Crippen LogP contribution is -2.18. The molecule has 1 aromatic rings. The Bertz CT molecular complexity index is 317. The minimum absolute atomic E-state index is 0.0969. The highest BCUT2D eigenvalue weighted by atomic mass is 127. The van der Waals surface area contributed by atoms with Crippen LogP contribution in [0.5, 0.6) is 5.75 Å². The third-order valence-corrected chi connectivity index (χ3v) is 2.02. The van der Waals surface area contributed by atoms with Crippen molar-refractivity contribution in [1.29, 1.82) is 0 Å². The zero-order valence-corrected chi connectivity index (χ0v) is 8.81. The molecule has 0 atom stereocenters. The van der Waals surface area contributed by atoms with Crippen LogP contribution >= 0.6 is 34.2 Å². The van der Waals surface area contributed by atoms with Gasteiger partial charge in [0, 0.05) is 12.3 Å². The summed E-state index contributed by atoms with van der Waals surface area (Å²) in [4.78, 5) is 3.59. The Labute approximate surface area is 90.2 Å². The topological polar surface area (TPSA) is 22.1 Å². The first-order valence-corrected chi connectivity index (χ1v) is 4.41. The predicted octanol–water partition coefficient (Wildman–Crippen LogP) is 3.24. The molecule has 0 aliphatic heterocycles. The van der Waals surface area contributed by atoms with E-state index in [-0.39, 0.29) is 14.5 Å². The third-order valence-electron chi connectivity index (χ3n) is 0.999. The van der Waals surface area contributed by atoms with Crippen molar-refractivity contribution in [2.75, 3.05) is 0 Å². The van der Waals surface area contributed by atoms with Crippen molar-refractivity contribution in [3.63, 3.8) is 0 Å². The van der Waals surface area contributed by atoms with Crippen molar-refractivity contribution < 1.29 is 17.9 Å². The van der Waals surface area contributed by atoms with E-state index in [0.717, 1.165) is 6.07 Å². The molecule has 0 N–H and O–H groups in total. The molecule has 1 aromatic heterocycles. The minimum Gasteiger partial charge on any atom is -0.403 e. The number of aromatic nitrogens is 1. The zero-order valence-electron chi connectivity index (χ0n) is 5.90. The van der Waals surface area contributed by atoms with Gasteiger partial charge in [-0.2, -0.15) is 0 Å². The molecule has 0 saturated heterocycles. The van der Waals surface area contributed by atoms with Crippen molar-refractivity contribution in [2.45, 2.75) is 6.36 Å². The molecule has 72 valence electrons. The highest BCUT2D eigenvalue weighted by Gasteiger charge is 2.32. The van der Waals surface area contributed by atoms with Crippen LogP contribution in [0.25, 0.3) is 0 Å². The molecule has 1 heterocycles. The first kappa shape index (κ1) is 10.8. The van der Waals surface area contributed by atoms with E-state index in [4.69, 9.17) is 11.6 Å². The number of hydrogen-bond acceptors (Lipinski definition) is 2. The Kier molecular flexibility index (Phi) is 3.23. The van der Waals surface area contributed by atoms with Crippen molar-refractivity contribution in [3.05, 3.63) is 21.0 Å². The number of pyridine rings is 1. The van der Waals surface area contributed by atoms with E-state index >= 15 is 0 Å². The quantitative estimate of drug-likeness (QED) is 0.585. The molecule has 0 unspecified atom stereocenters. The van der Waals surface area contributed by atoms with Crippen LogP contribution in [0.2, 0.25) is 5.02 Å². The Morgan fingerprint density at radius 2 is 2.08 bits per heavy atom. The largest absolute Gasteiger partial charge is 0.573 e. The lowest BCUT2D eigenvalue weighted by atomic mass is 10.5. The summed E-state index contributed by atoms with van der Waals surface area (Å²) in [6.45, 7) is 0. The number of ether oxygens (including phenoxy) is 1. The molecular formula is C6H2ClF3INO. The number of hydrogen-bond donors (Lipinski definition) is 0. The van der Waals surface area contributed by atoms with Crippen molar-refractivity contribution in [1.82, 2.24) is 4.98 Å². The van der Waals surface area contributed by atoms with E-state index in [1.807, 2.05) is 0 Å². The Balaban J connectivity index is 2.94. The number of nitrogens with zero attached hydrogens (tertiary/aromatic N) is 1. The van der Waals surface area contributed by atoms with E-state index in [9.17, 15) is 13.2 Å². The maximum absolute atomic E-state index is 11.8. The number of alkyl halides is 3. The molecule has 0 aromatic carbocycles. The molecule has 0 amide bonds. The molecule has 0 aliphatic carbocycles. The summed E-state index contributed by atoms with van der Waals surface area (Å²) >= 11 is 7.05. The first-order chi connectivity index (χ1) is 5.88. The molecular weight excluding hydrogens is 321 g/mol. The fourth-order valence-electron chi connectivity index (χ4n) is 0.600. The van der Waals surface area contributed by atoms with Crippen molar-refractivity contribution in [2.24, 2.45) is 0 Å². The average Bonchev–Trinajstić information content (AvgIpc) is 1.94. The Hall–Kier alpha value is -0.240. The predicted molar refractivity (Wildman–Crippen MR) is 48.6 cm³/mol. The second kappa shape index (κ2) is 3.87. The van der Waals surface area contributed by atoms with Gasteiger partial charge in [0.15, 0.2) is 5.75 Å². The van der Waals surface area contributed by atoms with Crippen LogP contribution in [-0.2, 0) is 0 Å². The standard InChI is InChI=1S/C6H2ClF3INO/c7-3-1-4(5(11)12-2-3)13-6(8,9)10/h1-2H. The van der Waals surface area contributed by atoms with E-state index in [0.29, 0.717) is 0 Å². The molecule has 13 heavy (non-hydrogen) atoms. The van der Waals surface area contributed by atoms with Crippen LogP contribution in [0.1, 0.15) is 0 Å². The van der Waals surface area contributed by atoms with Crippen LogP contribution < -0.4 is 4.74 Å². The SMILES string of the molecule is FC(F)(F)Oc1cc(Cl)cnc1I. The summed E-state index contributed by atoms with van der Waals surface area (Å²) < 4.78 is 39.0. The summed E-state index contributed by atoms with van der Waals surface area (Å²) in [5, 5.41) is 0.0969. The fraction of sp³-hybridized carbons (Fsp3) is 0.167. The molecule has 0 bridgehead atoms. The highest BCUT2D eigenvalue weighted by Crippen LogP contribution is 2.28. The van der Waals surface area contributed by atoms with Gasteiger partial charge in [0.2, 0.25) is 0 Å². The summed E-state index contributed by atoms with van der Waals surface area (Å²) in [5.41, 5.74) is 0. The Morgan fingerprint density at radius 1 is 1.46 bits per heavy atom. The monoisotopic (exact) mass is 323 g/mol. The maximum Gasteiger partial charge on any atom is 0.573 e. The molecule has 1 rings (SSSR count). The van der Waals surface area contributed by atoms with Gasteiger partial charge >= 0.3 is 6.36 Å². The summed E-state index contributed by atoms with van der Waals surface area (Å²) in [6.07, 6.45) is -3.47. The number of halogens is 5. The summed E-state index contributed by atoms with van der Waals surface area (Å²) in [6, 6.07) is 1.06. The molecule has 0 saturated carbocycles. The van der Waals surface area contributed by atoms with Crippen LogP contribution in [0, 0.1) is 3.70 Å². The molecule has 0 aliphatic rings. The van der Waals surface area contributed by atoms with Gasteiger partial charge in [0.05, 0.1) is 5.02 Å². The lowest BCUT2D eigenvalue weighted by molar-refractivity contribution is -0.275. The zero-order chi connectivity index (χ0) is 10.1. The van der Waals surface area contributed by atoms with Crippen molar-refractivity contribution in [3.8, 4) is 5.75 Å². The third kappa shape index (κ3) is 3.55. The number of rotatable bonds is 1. The molecule has 0 fully saturated rings. The van der Waals surface area contributed by atoms with E-state index < -0.39 is 6.36 Å². The van der Waals surface area contributed by atoms with Crippen LogP contribution in [-0.4, -0.2) is 11.3 Å². The smallest absolute Gasteiger partial charge is 0.403 e. The van der Waals surface area contributed by atoms with E-state index in [1.165, 1.54) is 6.20 Å². The van der Waals surface area contributed by atoms with Gasteiger partial charge in [-0.05, 0) is 22.6 Å². The molecule has 0 spiro atoms. The van der Waals surface area contributed by atoms with Crippen LogP contribution in [0.15, 0.2) is 12.3 Å². The van der Waals surface area contributed by atoms with Crippen LogP contribution in [0.4, 0.5) is 13.2 Å². The van der Waals surface area contributed by atoms with Crippen molar-refractivity contribution >= 4 is 34.2 Å². The van der Waals surface area contributed by atoms with E-state index in [2.05, 4.69) is 9.72 Å². The van der Waals surface area contributed by atoms with Gasteiger partial charge in [-0.15, -0.1) is 13.2 Å². The van der Waals surface area contributed by atoms with E-state index in [1.54, 1.807) is 22.6 Å². The summed E-state index contributed by atoms with van der Waals surface area (Å²) in [5.74, 6) is -0.388. The average molecular weight is 323 g/mol. The molecule has 2 nitrogen and oxygen atoms in total. The second-order valence-electron chi connectivity index (χ2n) is 1.99.